The minimum atomic E-state index is -4.88. The number of amides is 1. The maximum atomic E-state index is 11.6. The Morgan fingerprint density at radius 2 is 1.93 bits per heavy atom. The number of alkyl halides is 3. The third-order valence-electron chi connectivity index (χ3n) is 1.01. The number of aliphatic carboxylic acids is 1. The summed E-state index contributed by atoms with van der Waals surface area (Å²) in [5.74, 6) is -3.11. The van der Waals surface area contributed by atoms with Crippen molar-refractivity contribution in [3.8, 4) is 0 Å². The first-order chi connectivity index (χ1) is 6.34. The van der Waals surface area contributed by atoms with Crippen molar-refractivity contribution in [3.63, 3.8) is 0 Å². The van der Waals surface area contributed by atoms with Gasteiger partial charge in [0.2, 0.25) is 0 Å². The fourth-order valence-corrected chi connectivity index (χ4v) is 1.06. The standard InChI is InChI=1S/C6H8F3NO3S/c7-6(8,9)5(13)10-1-2-14-3-4(11)12/h1-3H2,(H,10,13)(H,11,12). The van der Waals surface area contributed by atoms with Crippen LogP contribution in [0.2, 0.25) is 0 Å². The largest absolute Gasteiger partial charge is 0.481 e. The Balaban J connectivity index is 3.46. The van der Waals surface area contributed by atoms with Gasteiger partial charge in [-0.15, -0.1) is 11.8 Å². The summed E-state index contributed by atoms with van der Waals surface area (Å²) in [5.41, 5.74) is 0. The molecule has 14 heavy (non-hydrogen) atoms. The van der Waals surface area contributed by atoms with Gasteiger partial charge in [-0.3, -0.25) is 9.59 Å². The van der Waals surface area contributed by atoms with Gasteiger partial charge in [-0.25, -0.2) is 0 Å². The van der Waals surface area contributed by atoms with Gasteiger partial charge in [0.1, 0.15) is 0 Å². The van der Waals surface area contributed by atoms with Gasteiger partial charge in [-0.1, -0.05) is 0 Å². The first kappa shape index (κ1) is 13.1. The van der Waals surface area contributed by atoms with E-state index in [1.165, 1.54) is 0 Å². The lowest BCUT2D eigenvalue weighted by molar-refractivity contribution is -0.173. The molecule has 0 aliphatic rings. The molecule has 0 aromatic heterocycles. The van der Waals surface area contributed by atoms with Crippen LogP contribution in [0.4, 0.5) is 13.2 Å². The quantitative estimate of drug-likeness (QED) is 0.675. The van der Waals surface area contributed by atoms with E-state index in [-0.39, 0.29) is 18.1 Å². The Bertz CT molecular complexity index is 219. The third kappa shape index (κ3) is 6.58. The van der Waals surface area contributed by atoms with E-state index >= 15 is 0 Å². The van der Waals surface area contributed by atoms with E-state index in [2.05, 4.69) is 0 Å². The molecule has 0 fully saturated rings. The summed E-state index contributed by atoms with van der Waals surface area (Å²) in [6.45, 7) is -0.198. The second-order valence-electron chi connectivity index (χ2n) is 2.20. The molecular weight excluding hydrogens is 223 g/mol. The zero-order chi connectivity index (χ0) is 11.2. The summed E-state index contributed by atoms with van der Waals surface area (Å²) < 4.78 is 34.7. The van der Waals surface area contributed by atoms with Crippen molar-refractivity contribution in [3.05, 3.63) is 0 Å². The molecule has 0 saturated heterocycles. The van der Waals surface area contributed by atoms with Crippen LogP contribution in [0.25, 0.3) is 0 Å². The van der Waals surface area contributed by atoms with Crippen LogP contribution in [0.1, 0.15) is 0 Å². The fourth-order valence-electron chi connectivity index (χ4n) is 0.496. The van der Waals surface area contributed by atoms with Gasteiger partial charge in [0, 0.05) is 12.3 Å². The van der Waals surface area contributed by atoms with Gasteiger partial charge in [-0.05, 0) is 0 Å². The molecule has 1 amide bonds. The molecule has 0 heterocycles. The Hall–Kier alpha value is -0.920. The normalized spacial score (nSPS) is 11.1. The second-order valence-corrected chi connectivity index (χ2v) is 3.31. The van der Waals surface area contributed by atoms with Crippen LogP contribution in [0, 0.1) is 0 Å². The lowest BCUT2D eigenvalue weighted by atomic mass is 10.5. The van der Waals surface area contributed by atoms with Crippen LogP contribution in [0.3, 0.4) is 0 Å². The van der Waals surface area contributed by atoms with Crippen LogP contribution in [0.5, 0.6) is 0 Å². The Morgan fingerprint density at radius 1 is 1.36 bits per heavy atom. The summed E-state index contributed by atoms with van der Waals surface area (Å²) in [5, 5.41) is 9.78. The number of carboxylic acids is 1. The van der Waals surface area contributed by atoms with Crippen molar-refractivity contribution < 1.29 is 27.9 Å². The van der Waals surface area contributed by atoms with Gasteiger partial charge in [0.25, 0.3) is 0 Å². The molecule has 82 valence electrons. The average molecular weight is 231 g/mol. The zero-order valence-electron chi connectivity index (χ0n) is 6.93. The molecule has 0 aliphatic carbocycles. The molecule has 0 radical (unpaired) electrons. The molecule has 0 atom stereocenters. The average Bonchev–Trinajstić information content (AvgIpc) is 2.01. The highest BCUT2D eigenvalue weighted by molar-refractivity contribution is 7.99. The van der Waals surface area contributed by atoms with Gasteiger partial charge in [0.15, 0.2) is 0 Å². The number of halogens is 3. The van der Waals surface area contributed by atoms with E-state index in [1.54, 1.807) is 5.32 Å². The molecule has 2 N–H and O–H groups in total. The molecule has 0 aromatic carbocycles. The number of rotatable bonds is 5. The third-order valence-corrected chi connectivity index (χ3v) is 1.96. The van der Waals surface area contributed by atoms with E-state index in [1.807, 2.05) is 0 Å². The molecule has 0 bridgehead atoms. The molecule has 0 aliphatic heterocycles. The molecule has 0 spiro atoms. The number of carbonyl (C=O) groups excluding carboxylic acids is 1. The summed E-state index contributed by atoms with van der Waals surface area (Å²) in [7, 11) is 0. The van der Waals surface area contributed by atoms with Crippen LogP contribution < -0.4 is 5.32 Å². The van der Waals surface area contributed by atoms with Gasteiger partial charge < -0.3 is 10.4 Å². The molecule has 0 saturated carbocycles. The first-order valence-corrected chi connectivity index (χ1v) is 4.64. The van der Waals surface area contributed by atoms with Crippen molar-refractivity contribution in [1.82, 2.24) is 5.32 Å². The minimum Gasteiger partial charge on any atom is -0.481 e. The predicted octanol–water partition coefficient (Wildman–Crippen LogP) is 0.483. The van der Waals surface area contributed by atoms with Crippen molar-refractivity contribution in [2.24, 2.45) is 0 Å². The highest BCUT2D eigenvalue weighted by atomic mass is 32.2. The molecule has 4 nitrogen and oxygen atoms in total. The van der Waals surface area contributed by atoms with E-state index in [4.69, 9.17) is 5.11 Å². The second kappa shape index (κ2) is 5.74. The van der Waals surface area contributed by atoms with Crippen molar-refractivity contribution in [2.45, 2.75) is 6.18 Å². The minimum absolute atomic E-state index is 0.133. The maximum Gasteiger partial charge on any atom is 0.471 e. The smallest absolute Gasteiger partial charge is 0.471 e. The Labute approximate surface area is 81.9 Å². The summed E-state index contributed by atoms with van der Waals surface area (Å²) >= 11 is 0.932. The van der Waals surface area contributed by atoms with Crippen LogP contribution in [0.15, 0.2) is 0 Å². The van der Waals surface area contributed by atoms with E-state index in [0.29, 0.717) is 0 Å². The lowest BCUT2D eigenvalue weighted by Gasteiger charge is -2.06. The van der Waals surface area contributed by atoms with Crippen molar-refractivity contribution in [1.29, 1.82) is 0 Å². The number of hydrogen-bond acceptors (Lipinski definition) is 3. The number of thioether (sulfide) groups is 1. The number of hydrogen-bond donors (Lipinski definition) is 2. The number of nitrogens with one attached hydrogen (secondary N) is 1. The monoisotopic (exact) mass is 231 g/mol. The molecule has 0 rings (SSSR count). The highest BCUT2D eigenvalue weighted by Crippen LogP contribution is 2.13. The highest BCUT2D eigenvalue weighted by Gasteiger charge is 2.38. The lowest BCUT2D eigenvalue weighted by Crippen LogP contribution is -2.37. The zero-order valence-corrected chi connectivity index (χ0v) is 7.74. The predicted molar refractivity (Wildman–Crippen MR) is 44.0 cm³/mol. The maximum absolute atomic E-state index is 11.6. The number of carboxylic acid groups (broad SMARTS) is 1. The van der Waals surface area contributed by atoms with Crippen molar-refractivity contribution in [2.75, 3.05) is 18.1 Å². The summed E-state index contributed by atoms with van der Waals surface area (Å²) in [6.07, 6.45) is -4.88. The molecular formula is C6H8F3NO3S. The number of carbonyl (C=O) groups is 2. The van der Waals surface area contributed by atoms with Gasteiger partial charge >= 0.3 is 18.1 Å². The summed E-state index contributed by atoms with van der Waals surface area (Å²) in [4.78, 5) is 20.2. The van der Waals surface area contributed by atoms with E-state index < -0.39 is 18.1 Å². The first-order valence-electron chi connectivity index (χ1n) is 3.48. The van der Waals surface area contributed by atoms with Crippen LogP contribution in [-0.4, -0.2) is 41.2 Å². The summed E-state index contributed by atoms with van der Waals surface area (Å²) in [6, 6.07) is 0. The Morgan fingerprint density at radius 3 is 2.36 bits per heavy atom. The SMILES string of the molecule is O=C(O)CSCCNC(=O)C(F)(F)F. The molecule has 8 heteroatoms. The van der Waals surface area contributed by atoms with E-state index in [9.17, 15) is 22.8 Å². The van der Waals surface area contributed by atoms with Crippen molar-refractivity contribution >= 4 is 23.6 Å². The Kier molecular flexibility index (Phi) is 5.36. The van der Waals surface area contributed by atoms with Gasteiger partial charge in [0.05, 0.1) is 5.75 Å². The van der Waals surface area contributed by atoms with E-state index in [0.717, 1.165) is 11.8 Å². The fraction of sp³-hybridized carbons (Fsp3) is 0.667. The molecule has 0 unspecified atom stereocenters. The van der Waals surface area contributed by atoms with Crippen LogP contribution in [-0.2, 0) is 9.59 Å². The van der Waals surface area contributed by atoms with Crippen LogP contribution >= 0.6 is 11.8 Å². The van der Waals surface area contributed by atoms with Gasteiger partial charge in [-0.2, -0.15) is 13.2 Å². The topological polar surface area (TPSA) is 66.4 Å². The molecule has 0 aromatic rings.